The van der Waals surface area contributed by atoms with Crippen LogP contribution in [-0.4, -0.2) is 15.0 Å². The van der Waals surface area contributed by atoms with Gasteiger partial charge in [0.1, 0.15) is 6.33 Å². The minimum absolute atomic E-state index is 0.686. The molecule has 15 heavy (non-hydrogen) atoms. The van der Waals surface area contributed by atoms with Gasteiger partial charge in [0.15, 0.2) is 5.82 Å². The Morgan fingerprint density at radius 3 is 2.93 bits per heavy atom. The van der Waals surface area contributed by atoms with Gasteiger partial charge < -0.3 is 0 Å². The second kappa shape index (κ2) is 3.40. The monoisotopic (exact) mass is 212 g/mol. The van der Waals surface area contributed by atoms with Crippen LogP contribution in [0.25, 0.3) is 20.8 Å². The van der Waals surface area contributed by atoms with Gasteiger partial charge in [-0.3, -0.25) is 0 Å². The lowest BCUT2D eigenvalue weighted by Crippen LogP contribution is -1.85. The molecule has 3 aromatic rings. The lowest BCUT2D eigenvalue weighted by atomic mass is 10.2. The number of thiophene rings is 1. The molecule has 0 aliphatic rings. The summed E-state index contributed by atoms with van der Waals surface area (Å²) in [6, 6.07) is 10.3. The van der Waals surface area contributed by atoms with Crippen LogP contribution in [0.2, 0.25) is 0 Å². The van der Waals surface area contributed by atoms with Gasteiger partial charge in [0.2, 0.25) is 6.33 Å². The molecule has 71 valence electrons. The summed E-state index contributed by atoms with van der Waals surface area (Å²) in [6.07, 6.45) is 4.01. The van der Waals surface area contributed by atoms with E-state index >= 15 is 0 Å². The number of hydrogen-bond donors (Lipinski definition) is 0. The highest BCUT2D eigenvalue weighted by molar-refractivity contribution is 7.22. The van der Waals surface area contributed by atoms with Gasteiger partial charge in [0.05, 0.1) is 4.88 Å². The SMILES string of the molecule is [c]1ncnc(-c2cc3ccccc3s2)n1. The molecule has 0 aliphatic carbocycles. The van der Waals surface area contributed by atoms with Gasteiger partial charge in [-0.2, -0.15) is 0 Å². The van der Waals surface area contributed by atoms with E-state index in [2.05, 4.69) is 39.5 Å². The highest BCUT2D eigenvalue weighted by atomic mass is 32.1. The first-order valence-corrected chi connectivity index (χ1v) is 5.29. The van der Waals surface area contributed by atoms with E-state index in [1.165, 1.54) is 16.4 Å². The van der Waals surface area contributed by atoms with E-state index in [-0.39, 0.29) is 0 Å². The molecule has 0 bridgehead atoms. The van der Waals surface area contributed by atoms with Crippen molar-refractivity contribution in [2.75, 3.05) is 0 Å². The maximum atomic E-state index is 4.10. The van der Waals surface area contributed by atoms with Crippen LogP contribution in [0.15, 0.2) is 36.7 Å². The molecule has 0 saturated carbocycles. The summed E-state index contributed by atoms with van der Waals surface area (Å²) in [7, 11) is 0. The van der Waals surface area contributed by atoms with Gasteiger partial charge in [-0.15, -0.1) is 11.3 Å². The summed E-state index contributed by atoms with van der Waals surface area (Å²) in [5.74, 6) is 0.686. The summed E-state index contributed by atoms with van der Waals surface area (Å²) < 4.78 is 1.24. The molecule has 3 rings (SSSR count). The van der Waals surface area contributed by atoms with Gasteiger partial charge in [0, 0.05) is 4.70 Å². The zero-order chi connectivity index (χ0) is 10.1. The first-order valence-electron chi connectivity index (χ1n) is 4.47. The van der Waals surface area contributed by atoms with Crippen molar-refractivity contribution < 1.29 is 0 Å². The third kappa shape index (κ3) is 1.49. The maximum absolute atomic E-state index is 4.10. The van der Waals surface area contributed by atoms with Gasteiger partial charge in [-0.05, 0) is 17.5 Å². The maximum Gasteiger partial charge on any atom is 0.201 e. The van der Waals surface area contributed by atoms with Crippen LogP contribution in [0.5, 0.6) is 0 Å². The highest BCUT2D eigenvalue weighted by Crippen LogP contribution is 2.30. The third-order valence-electron chi connectivity index (χ3n) is 2.10. The second-order valence-electron chi connectivity index (χ2n) is 3.06. The minimum atomic E-state index is 0.686. The van der Waals surface area contributed by atoms with Crippen LogP contribution >= 0.6 is 11.3 Å². The lowest BCUT2D eigenvalue weighted by molar-refractivity contribution is 1.05. The highest BCUT2D eigenvalue weighted by Gasteiger charge is 2.05. The predicted octanol–water partition coefficient (Wildman–Crippen LogP) is 2.55. The Bertz CT molecular complexity index is 556. The topological polar surface area (TPSA) is 38.7 Å². The zero-order valence-corrected chi connectivity index (χ0v) is 8.53. The third-order valence-corrected chi connectivity index (χ3v) is 3.21. The van der Waals surface area contributed by atoms with Gasteiger partial charge in [-0.1, -0.05) is 18.2 Å². The molecular formula is C11H6N3S. The van der Waals surface area contributed by atoms with Crippen LogP contribution in [0.3, 0.4) is 0 Å². The second-order valence-corrected chi connectivity index (χ2v) is 4.14. The molecular weight excluding hydrogens is 206 g/mol. The Morgan fingerprint density at radius 2 is 2.13 bits per heavy atom. The van der Waals surface area contributed by atoms with E-state index < -0.39 is 0 Å². The van der Waals surface area contributed by atoms with Crippen molar-refractivity contribution in [3.8, 4) is 10.7 Å². The van der Waals surface area contributed by atoms with E-state index in [9.17, 15) is 0 Å². The summed E-state index contributed by atoms with van der Waals surface area (Å²) in [6.45, 7) is 0. The molecule has 0 saturated heterocycles. The van der Waals surface area contributed by atoms with E-state index in [0.29, 0.717) is 5.82 Å². The molecule has 0 aliphatic heterocycles. The fourth-order valence-electron chi connectivity index (χ4n) is 1.43. The number of hydrogen-bond acceptors (Lipinski definition) is 4. The molecule has 2 heterocycles. The van der Waals surface area contributed by atoms with Crippen molar-refractivity contribution in [1.82, 2.24) is 15.0 Å². The average molecular weight is 212 g/mol. The van der Waals surface area contributed by atoms with Crippen molar-refractivity contribution in [2.45, 2.75) is 0 Å². The summed E-state index contributed by atoms with van der Waals surface area (Å²) in [5.41, 5.74) is 0. The molecule has 0 fully saturated rings. The Balaban J connectivity index is 2.21. The fourth-order valence-corrected chi connectivity index (χ4v) is 2.43. The van der Waals surface area contributed by atoms with Crippen LogP contribution in [-0.2, 0) is 0 Å². The van der Waals surface area contributed by atoms with Crippen molar-refractivity contribution in [2.24, 2.45) is 0 Å². The number of fused-ring (bicyclic) bond motifs is 1. The number of rotatable bonds is 1. The summed E-state index contributed by atoms with van der Waals surface area (Å²) in [5, 5.41) is 1.22. The number of aromatic nitrogens is 3. The largest absolute Gasteiger partial charge is 0.216 e. The Morgan fingerprint density at radius 1 is 1.20 bits per heavy atom. The van der Waals surface area contributed by atoms with Crippen LogP contribution < -0.4 is 0 Å². The molecule has 1 aromatic carbocycles. The Hall–Kier alpha value is -1.81. The van der Waals surface area contributed by atoms with Crippen molar-refractivity contribution in [1.29, 1.82) is 0 Å². The lowest BCUT2D eigenvalue weighted by Gasteiger charge is -1.89. The molecule has 0 unspecified atom stereocenters. The van der Waals surface area contributed by atoms with Crippen molar-refractivity contribution >= 4 is 21.4 Å². The van der Waals surface area contributed by atoms with Crippen LogP contribution in [0.1, 0.15) is 0 Å². The van der Waals surface area contributed by atoms with E-state index in [0.717, 1.165) is 4.88 Å². The van der Waals surface area contributed by atoms with E-state index in [4.69, 9.17) is 0 Å². The van der Waals surface area contributed by atoms with Gasteiger partial charge >= 0.3 is 0 Å². The first kappa shape index (κ1) is 8.49. The van der Waals surface area contributed by atoms with Crippen molar-refractivity contribution in [3.63, 3.8) is 0 Å². The van der Waals surface area contributed by atoms with Crippen molar-refractivity contribution in [3.05, 3.63) is 43.0 Å². The summed E-state index contributed by atoms with van der Waals surface area (Å²) in [4.78, 5) is 12.8. The first-order chi connectivity index (χ1) is 7.43. The van der Waals surface area contributed by atoms with E-state index in [1.807, 2.05) is 12.1 Å². The molecule has 0 amide bonds. The van der Waals surface area contributed by atoms with Crippen LogP contribution in [0.4, 0.5) is 0 Å². The average Bonchev–Trinajstić information content (AvgIpc) is 2.74. The quantitative estimate of drug-likeness (QED) is 0.622. The van der Waals surface area contributed by atoms with E-state index in [1.54, 1.807) is 11.3 Å². The number of nitrogens with zero attached hydrogens (tertiary/aromatic N) is 3. The molecule has 2 aromatic heterocycles. The molecule has 3 nitrogen and oxygen atoms in total. The Kier molecular flexibility index (Phi) is 1.93. The summed E-state index contributed by atoms with van der Waals surface area (Å²) >= 11 is 1.68. The fraction of sp³-hybridized carbons (Fsp3) is 0. The molecule has 0 atom stereocenters. The van der Waals surface area contributed by atoms with Gasteiger partial charge in [-0.25, -0.2) is 15.0 Å². The predicted molar refractivity (Wildman–Crippen MR) is 59.5 cm³/mol. The molecule has 0 spiro atoms. The van der Waals surface area contributed by atoms with Gasteiger partial charge in [0.25, 0.3) is 0 Å². The smallest absolute Gasteiger partial charge is 0.201 e. The van der Waals surface area contributed by atoms with Crippen LogP contribution in [0, 0.1) is 6.33 Å². The normalized spacial score (nSPS) is 10.7. The molecule has 0 N–H and O–H groups in total. The standard InChI is InChI=1S/C11H6N3S/c1-2-4-9-8(3-1)5-10(15-9)11-13-6-12-7-14-11/h1-6H. The minimum Gasteiger partial charge on any atom is -0.216 e. The zero-order valence-electron chi connectivity index (χ0n) is 7.71. The molecule has 4 heteroatoms. The number of benzene rings is 1. The molecule has 1 radical (unpaired) electrons. The Labute approximate surface area is 90.5 Å².